The van der Waals surface area contributed by atoms with Crippen LogP contribution < -0.4 is 0 Å². The molecule has 5 nitrogen and oxygen atoms in total. The van der Waals surface area contributed by atoms with Gasteiger partial charge in [-0.05, 0) is 252 Å². The normalized spacial score (nSPS) is 16.1. The summed E-state index contributed by atoms with van der Waals surface area (Å²) in [5, 5.41) is 0. The smallest absolute Gasteiger partial charge is 0.000959 e. The van der Waals surface area contributed by atoms with Crippen molar-refractivity contribution in [3.8, 4) is 121 Å². The van der Waals surface area contributed by atoms with E-state index < -0.39 is 0 Å². The zero-order valence-corrected chi connectivity index (χ0v) is 40.3. The van der Waals surface area contributed by atoms with Crippen molar-refractivity contribution >= 4 is 0 Å². The molecular formula is C55H85N5. The average Bonchev–Trinajstić information content (AvgIpc) is 3.59. The SMILES string of the molecule is C#CC.C#CC#CC.C#CC#CC#C.C#CC#CC#CC.CC#CC.CN1CCC1.CN1CCCC1.CN1CCCCC1.CN1CCCCCC1.CN1CCCCCCC1. The summed E-state index contributed by atoms with van der Waals surface area (Å²) in [6, 6.07) is 0. The maximum absolute atomic E-state index is 4.78. The first-order valence-corrected chi connectivity index (χ1v) is 21.8. The van der Waals surface area contributed by atoms with Gasteiger partial charge in [0.2, 0.25) is 0 Å². The van der Waals surface area contributed by atoms with E-state index in [4.69, 9.17) is 25.7 Å². The minimum Gasteiger partial charge on any atom is -0.306 e. The molecule has 5 saturated heterocycles. The van der Waals surface area contributed by atoms with Crippen LogP contribution in [0.3, 0.4) is 0 Å². The van der Waals surface area contributed by atoms with Gasteiger partial charge in [0.25, 0.3) is 0 Å². The maximum atomic E-state index is 4.78. The highest BCUT2D eigenvalue weighted by Gasteiger charge is 2.05. The van der Waals surface area contributed by atoms with Gasteiger partial charge in [-0.2, -0.15) is 0 Å². The zero-order chi connectivity index (χ0) is 46.2. The molecule has 0 aromatic heterocycles. The van der Waals surface area contributed by atoms with Crippen molar-refractivity contribution in [1.29, 1.82) is 0 Å². The third-order valence-electron chi connectivity index (χ3n) is 8.87. The third kappa shape index (κ3) is 71.1. The Morgan fingerprint density at radius 1 is 0.250 bits per heavy atom. The van der Waals surface area contributed by atoms with Gasteiger partial charge in [0.05, 0.1) is 0 Å². The van der Waals surface area contributed by atoms with Gasteiger partial charge < -0.3 is 24.5 Å². The number of hydrogen-bond donors (Lipinski definition) is 0. The topological polar surface area (TPSA) is 16.2 Å². The van der Waals surface area contributed by atoms with Crippen LogP contribution in [0, 0.1) is 121 Å². The Morgan fingerprint density at radius 3 is 0.617 bits per heavy atom. The van der Waals surface area contributed by atoms with Crippen LogP contribution >= 0.6 is 0 Å². The lowest BCUT2D eigenvalue weighted by atomic mass is 10.1. The van der Waals surface area contributed by atoms with Gasteiger partial charge in [-0.1, -0.05) is 50.4 Å². The van der Waals surface area contributed by atoms with Gasteiger partial charge >= 0.3 is 0 Å². The molecule has 5 heteroatoms. The second-order valence-electron chi connectivity index (χ2n) is 14.4. The minimum absolute atomic E-state index is 1.32. The predicted molar refractivity (Wildman–Crippen MR) is 268 cm³/mol. The molecule has 0 atom stereocenters. The van der Waals surface area contributed by atoms with Crippen LogP contribution in [0.25, 0.3) is 0 Å². The van der Waals surface area contributed by atoms with E-state index in [1.54, 1.807) is 20.8 Å². The van der Waals surface area contributed by atoms with E-state index in [1.165, 1.54) is 162 Å². The van der Waals surface area contributed by atoms with E-state index in [0.717, 1.165) is 0 Å². The molecule has 0 N–H and O–H groups in total. The van der Waals surface area contributed by atoms with E-state index in [-0.39, 0.29) is 0 Å². The lowest BCUT2D eigenvalue weighted by molar-refractivity contribution is 0.229. The first-order valence-electron chi connectivity index (χ1n) is 21.8. The summed E-state index contributed by atoms with van der Waals surface area (Å²) in [4.78, 5) is 11.9. The molecule has 5 heterocycles. The van der Waals surface area contributed by atoms with Gasteiger partial charge in [0, 0.05) is 0 Å². The molecule has 0 bridgehead atoms. The van der Waals surface area contributed by atoms with Gasteiger partial charge in [-0.15, -0.1) is 49.9 Å². The Balaban J connectivity index is -0.000000189. The quantitative estimate of drug-likeness (QED) is 0.227. The number of likely N-dealkylation sites (tertiary alicyclic amines) is 5. The molecule has 5 aliphatic heterocycles. The van der Waals surface area contributed by atoms with Crippen LogP contribution in [0.15, 0.2) is 0 Å². The van der Waals surface area contributed by atoms with Crippen LogP contribution in [-0.2, 0) is 0 Å². The van der Waals surface area contributed by atoms with E-state index in [1.807, 2.05) is 13.8 Å². The molecule has 0 aromatic rings. The van der Waals surface area contributed by atoms with E-state index >= 15 is 0 Å². The highest BCUT2D eigenvalue weighted by molar-refractivity contribution is 5.33. The summed E-state index contributed by atoms with van der Waals surface area (Å²) in [7, 11) is 11.0. The Morgan fingerprint density at radius 2 is 0.450 bits per heavy atom. The molecule has 330 valence electrons. The fourth-order valence-corrected chi connectivity index (χ4v) is 5.31. The van der Waals surface area contributed by atoms with Gasteiger partial charge in [-0.25, -0.2) is 0 Å². The number of hydrogen-bond acceptors (Lipinski definition) is 5. The number of nitrogens with zero attached hydrogens (tertiary/aromatic N) is 5. The first kappa shape index (κ1) is 64.5. The number of piperidine rings is 1. The van der Waals surface area contributed by atoms with Crippen molar-refractivity contribution in [1.82, 2.24) is 24.5 Å². The highest BCUT2D eigenvalue weighted by Crippen LogP contribution is 2.09. The predicted octanol–water partition coefficient (Wildman–Crippen LogP) is 8.73. The largest absolute Gasteiger partial charge is 0.306 e. The summed E-state index contributed by atoms with van der Waals surface area (Å²) >= 11 is 0. The molecular weight excluding hydrogens is 731 g/mol. The third-order valence-corrected chi connectivity index (χ3v) is 8.87. The van der Waals surface area contributed by atoms with Crippen molar-refractivity contribution in [3.63, 3.8) is 0 Å². The first-order chi connectivity index (χ1) is 29.0. The second kappa shape index (κ2) is 61.1. The monoisotopic (exact) mass is 816 g/mol. The van der Waals surface area contributed by atoms with Crippen LogP contribution in [-0.4, -0.2) is 125 Å². The molecule has 60 heavy (non-hydrogen) atoms. The molecule has 5 fully saturated rings. The number of terminal acetylenes is 5. The van der Waals surface area contributed by atoms with Crippen LogP contribution in [0.5, 0.6) is 0 Å². The van der Waals surface area contributed by atoms with Crippen molar-refractivity contribution in [2.45, 2.75) is 131 Å². The van der Waals surface area contributed by atoms with Gasteiger partial charge in [-0.3, -0.25) is 0 Å². The fraction of sp³-hybridized carbons (Fsp3) is 0.636. The zero-order valence-electron chi connectivity index (χ0n) is 40.3. The molecule has 0 unspecified atom stereocenters. The Bertz CT molecular complexity index is 1420. The molecule has 0 aromatic carbocycles. The maximum Gasteiger partial charge on any atom is -0.000959 e. The lowest BCUT2D eigenvalue weighted by Gasteiger charge is -2.24. The summed E-state index contributed by atoms with van der Waals surface area (Å²) in [6.45, 7) is 21.9. The Kier molecular flexibility index (Phi) is 65.7. The fourth-order valence-electron chi connectivity index (χ4n) is 5.31. The van der Waals surface area contributed by atoms with Crippen LogP contribution in [0.4, 0.5) is 0 Å². The molecule has 5 rings (SSSR count). The molecule has 0 aliphatic carbocycles. The van der Waals surface area contributed by atoms with Crippen molar-refractivity contribution in [3.05, 3.63) is 0 Å². The van der Waals surface area contributed by atoms with E-state index in [9.17, 15) is 0 Å². The van der Waals surface area contributed by atoms with Gasteiger partial charge in [0.1, 0.15) is 0 Å². The standard InChI is InChI=1S/C8H17N.C7H15N.C7H4.C6H13N.C6H2.C5H11N.C5H4.C4H9N.C4H6.C3H4/c1-9-7-5-3-2-4-6-8-9;1-8-6-4-2-3-5-7-8;1-3-5-7-6-4-2;1-7-5-3-2-4-6-7;1-3-5-6-4-2;1-6-4-2-3-5-6;1-3-5-4-2;1-5-3-2-4-5;1-3-4-2;1-3-2/h2-8H2,1H3;2-7H2,1H3;1H,2H3;2-6H2,1H3;1-2H;2-5H2,1H3;1H,2H3;2-4H2,1H3;1-2H3;1H,2H3. The van der Waals surface area contributed by atoms with E-state index in [0.29, 0.717) is 0 Å². The Hall–Kier alpha value is -4.60. The average molecular weight is 816 g/mol. The lowest BCUT2D eigenvalue weighted by Crippen LogP contribution is -2.32. The highest BCUT2D eigenvalue weighted by atomic mass is 15.1. The Labute approximate surface area is 375 Å². The molecule has 0 radical (unpaired) electrons. The minimum atomic E-state index is 1.32. The summed E-state index contributed by atoms with van der Waals surface area (Å²) in [5.41, 5.74) is 0. The molecule has 0 spiro atoms. The molecule has 0 saturated carbocycles. The molecule has 5 aliphatic rings. The van der Waals surface area contributed by atoms with Crippen LogP contribution in [0.2, 0.25) is 0 Å². The molecule has 0 amide bonds. The summed E-state index contributed by atoms with van der Waals surface area (Å²) < 4.78 is 0. The van der Waals surface area contributed by atoms with Crippen molar-refractivity contribution < 1.29 is 0 Å². The van der Waals surface area contributed by atoms with Crippen LogP contribution in [0.1, 0.15) is 131 Å². The summed E-state index contributed by atoms with van der Waals surface area (Å²) in [6.07, 6.45) is 44.9. The van der Waals surface area contributed by atoms with E-state index in [2.05, 4.69) is 155 Å². The van der Waals surface area contributed by atoms with Crippen molar-refractivity contribution in [2.75, 3.05) is 101 Å². The van der Waals surface area contributed by atoms with Crippen molar-refractivity contribution in [2.24, 2.45) is 0 Å². The summed E-state index contributed by atoms with van der Waals surface area (Å²) in [5.74, 6) is 35.3. The van der Waals surface area contributed by atoms with Gasteiger partial charge in [0.15, 0.2) is 0 Å². The number of rotatable bonds is 0. The second-order valence-corrected chi connectivity index (χ2v) is 14.4.